The van der Waals surface area contributed by atoms with Gasteiger partial charge >= 0.3 is 6.03 Å². The minimum Gasteiger partial charge on any atom is -0.329 e. The number of carbonyl (C=O) groups is 2. The van der Waals surface area contributed by atoms with Crippen molar-refractivity contribution in [3.8, 4) is 0 Å². The second kappa shape index (κ2) is 7.50. The number of nitrogens with one attached hydrogen (secondary N) is 2. The van der Waals surface area contributed by atoms with Crippen LogP contribution in [-0.4, -0.2) is 24.8 Å². The van der Waals surface area contributed by atoms with Crippen molar-refractivity contribution in [2.75, 3.05) is 5.32 Å². The van der Waals surface area contributed by atoms with Crippen LogP contribution in [0.3, 0.4) is 0 Å². The highest BCUT2D eigenvalue weighted by Crippen LogP contribution is 2.23. The molecule has 0 heterocycles. The first kappa shape index (κ1) is 20.6. The molecule has 144 valence electrons. The molecule has 8 heteroatoms. The zero-order chi connectivity index (χ0) is 20.4. The number of aryl methyl sites for hydroxylation is 1. The monoisotopic (exact) mass is 390 g/mol. The van der Waals surface area contributed by atoms with Crippen molar-refractivity contribution in [3.63, 3.8) is 0 Å². The maximum atomic E-state index is 12.4. The van der Waals surface area contributed by atoms with Crippen LogP contribution in [0.25, 0.3) is 0 Å². The number of rotatable bonds is 5. The Labute approximate surface area is 158 Å². The van der Waals surface area contributed by atoms with E-state index in [1.807, 2.05) is 0 Å². The predicted molar refractivity (Wildman–Crippen MR) is 103 cm³/mol. The molecule has 0 bridgehead atoms. The maximum Gasteiger partial charge on any atom is 0.319 e. The third-order valence-electron chi connectivity index (χ3n) is 4.14. The van der Waals surface area contributed by atoms with Crippen molar-refractivity contribution < 1.29 is 22.6 Å². The summed E-state index contributed by atoms with van der Waals surface area (Å²) < 4.78 is 32.0. The van der Waals surface area contributed by atoms with Gasteiger partial charge in [-0.3, -0.25) is 9.35 Å². The molecule has 0 aliphatic carbocycles. The Morgan fingerprint density at radius 2 is 1.74 bits per heavy atom. The lowest BCUT2D eigenvalue weighted by Gasteiger charge is -2.27. The predicted octanol–water partition coefficient (Wildman–Crippen LogP) is 3.50. The van der Waals surface area contributed by atoms with E-state index in [0.717, 1.165) is 5.56 Å². The number of amides is 2. The van der Waals surface area contributed by atoms with Gasteiger partial charge in [-0.1, -0.05) is 24.3 Å². The Balaban J connectivity index is 2.20. The van der Waals surface area contributed by atoms with E-state index in [4.69, 9.17) is 0 Å². The fraction of sp³-hybridized carbons (Fsp3) is 0.263. The van der Waals surface area contributed by atoms with Gasteiger partial charge in [-0.25, -0.2) is 4.79 Å². The van der Waals surface area contributed by atoms with Crippen LogP contribution < -0.4 is 10.6 Å². The molecule has 3 N–H and O–H groups in total. The summed E-state index contributed by atoms with van der Waals surface area (Å²) in [7, 11) is -4.39. The smallest absolute Gasteiger partial charge is 0.319 e. The molecule has 0 unspecified atom stereocenters. The third-order valence-corrected chi connectivity index (χ3v) is 5.14. The van der Waals surface area contributed by atoms with Crippen LogP contribution in [0.4, 0.5) is 10.5 Å². The lowest BCUT2D eigenvalue weighted by molar-refractivity contribution is 0.101. The van der Waals surface area contributed by atoms with Gasteiger partial charge in [-0.2, -0.15) is 8.42 Å². The molecule has 2 aromatic rings. The van der Waals surface area contributed by atoms with E-state index in [1.165, 1.54) is 32.0 Å². The molecule has 7 nitrogen and oxygen atoms in total. The van der Waals surface area contributed by atoms with E-state index < -0.39 is 21.7 Å². The van der Waals surface area contributed by atoms with Crippen molar-refractivity contribution in [2.24, 2.45) is 0 Å². The van der Waals surface area contributed by atoms with Gasteiger partial charge in [-0.15, -0.1) is 0 Å². The Bertz CT molecular complexity index is 997. The van der Waals surface area contributed by atoms with E-state index in [0.29, 0.717) is 11.1 Å². The number of benzene rings is 2. The SMILES string of the molecule is CC(=O)c1cccc(C(C)(C)NC(=O)Nc2ccc(C)c(S(=O)(=O)O)c2)c1. The zero-order valence-electron chi connectivity index (χ0n) is 15.5. The summed E-state index contributed by atoms with van der Waals surface area (Å²) in [4.78, 5) is 23.7. The van der Waals surface area contributed by atoms with Crippen LogP contribution in [-0.2, 0) is 15.7 Å². The van der Waals surface area contributed by atoms with E-state index in [1.54, 1.807) is 38.1 Å². The van der Waals surface area contributed by atoms with Gasteiger partial charge in [0.15, 0.2) is 5.78 Å². The Morgan fingerprint density at radius 1 is 1.07 bits per heavy atom. The first-order chi connectivity index (χ1) is 12.4. The maximum absolute atomic E-state index is 12.4. The van der Waals surface area contributed by atoms with Crippen molar-refractivity contribution in [1.29, 1.82) is 0 Å². The molecule has 0 aromatic heterocycles. The van der Waals surface area contributed by atoms with Crippen molar-refractivity contribution >= 4 is 27.6 Å². The molecule has 0 saturated heterocycles. The van der Waals surface area contributed by atoms with Crippen LogP contribution in [0.2, 0.25) is 0 Å². The summed E-state index contributed by atoms with van der Waals surface area (Å²) in [6.45, 7) is 6.57. The molecule has 0 aliphatic rings. The first-order valence-corrected chi connectivity index (χ1v) is 9.63. The lowest BCUT2D eigenvalue weighted by atomic mass is 9.92. The number of ketones is 1. The minimum atomic E-state index is -4.39. The summed E-state index contributed by atoms with van der Waals surface area (Å²) in [6, 6.07) is 10.6. The van der Waals surface area contributed by atoms with Gasteiger partial charge in [0.1, 0.15) is 0 Å². The fourth-order valence-corrected chi connectivity index (χ4v) is 3.35. The lowest BCUT2D eigenvalue weighted by Crippen LogP contribution is -2.43. The van der Waals surface area contributed by atoms with Crippen LogP contribution in [0.5, 0.6) is 0 Å². The molecule has 0 spiro atoms. The standard InChI is InChI=1S/C19H22N2O5S/c1-12-8-9-16(11-17(12)27(24,25)26)20-18(23)21-19(3,4)15-7-5-6-14(10-15)13(2)22/h5-11H,1-4H3,(H2,20,21,23)(H,24,25,26). The van der Waals surface area contributed by atoms with Crippen molar-refractivity contribution in [2.45, 2.75) is 38.1 Å². The summed E-state index contributed by atoms with van der Waals surface area (Å²) in [5, 5.41) is 5.34. The second-order valence-electron chi connectivity index (χ2n) is 6.80. The molecular formula is C19H22N2O5S. The summed E-state index contributed by atoms with van der Waals surface area (Å²) in [6.07, 6.45) is 0. The van der Waals surface area contributed by atoms with Gasteiger partial charge in [0.05, 0.1) is 10.4 Å². The average Bonchev–Trinajstić information content (AvgIpc) is 2.55. The highest BCUT2D eigenvalue weighted by atomic mass is 32.2. The molecule has 27 heavy (non-hydrogen) atoms. The van der Waals surface area contributed by atoms with Gasteiger partial charge < -0.3 is 10.6 Å². The Morgan fingerprint density at radius 3 is 2.33 bits per heavy atom. The highest BCUT2D eigenvalue weighted by Gasteiger charge is 2.24. The largest absolute Gasteiger partial charge is 0.329 e. The van der Waals surface area contributed by atoms with E-state index in [9.17, 15) is 22.6 Å². The van der Waals surface area contributed by atoms with Crippen molar-refractivity contribution in [1.82, 2.24) is 5.32 Å². The van der Waals surface area contributed by atoms with Crippen LogP contribution >= 0.6 is 0 Å². The van der Waals surface area contributed by atoms with Crippen LogP contribution in [0.1, 0.15) is 42.3 Å². The van der Waals surface area contributed by atoms with Gasteiger partial charge in [0, 0.05) is 11.3 Å². The van der Waals surface area contributed by atoms with Gasteiger partial charge in [0.25, 0.3) is 10.1 Å². The quantitative estimate of drug-likeness (QED) is 0.534. The normalized spacial score (nSPS) is 11.7. The third kappa shape index (κ3) is 5.15. The first-order valence-electron chi connectivity index (χ1n) is 8.19. The molecule has 2 aromatic carbocycles. The summed E-state index contributed by atoms with van der Waals surface area (Å²) in [5.41, 5.74) is 1.09. The number of hydrogen-bond donors (Lipinski definition) is 3. The van der Waals surface area contributed by atoms with Gasteiger partial charge in [0.2, 0.25) is 0 Å². The van der Waals surface area contributed by atoms with E-state index >= 15 is 0 Å². The average molecular weight is 390 g/mol. The topological polar surface area (TPSA) is 113 Å². The number of anilines is 1. The second-order valence-corrected chi connectivity index (χ2v) is 8.19. The molecule has 2 rings (SSSR count). The van der Waals surface area contributed by atoms with E-state index in [-0.39, 0.29) is 16.4 Å². The number of carbonyl (C=O) groups excluding carboxylic acids is 2. The summed E-state index contributed by atoms with van der Waals surface area (Å²) in [5.74, 6) is -0.0745. The van der Waals surface area contributed by atoms with Gasteiger partial charge in [-0.05, 0) is 57.0 Å². The molecule has 0 aliphatic heterocycles. The zero-order valence-corrected chi connectivity index (χ0v) is 16.3. The van der Waals surface area contributed by atoms with E-state index in [2.05, 4.69) is 10.6 Å². The molecular weight excluding hydrogens is 368 g/mol. The molecule has 0 radical (unpaired) electrons. The fourth-order valence-electron chi connectivity index (χ4n) is 2.60. The van der Waals surface area contributed by atoms with Crippen LogP contribution in [0, 0.1) is 6.92 Å². The summed E-state index contributed by atoms with van der Waals surface area (Å²) >= 11 is 0. The Kier molecular flexibility index (Phi) is 5.72. The Hall–Kier alpha value is -2.71. The number of Topliss-reactive ketones (excluding diaryl/α,β-unsaturated/α-hetero) is 1. The number of hydrogen-bond acceptors (Lipinski definition) is 4. The van der Waals surface area contributed by atoms with Crippen LogP contribution in [0.15, 0.2) is 47.4 Å². The molecule has 0 fully saturated rings. The molecule has 0 saturated carbocycles. The van der Waals surface area contributed by atoms with Crippen molar-refractivity contribution in [3.05, 3.63) is 59.2 Å². The minimum absolute atomic E-state index is 0.0745. The molecule has 2 amide bonds. The number of urea groups is 1. The highest BCUT2D eigenvalue weighted by molar-refractivity contribution is 7.85. The molecule has 0 atom stereocenters.